The molecule has 0 atom stereocenters. The van der Waals surface area contributed by atoms with Crippen LogP contribution in [0.4, 0.5) is 0 Å². The molecular formula is C3H6FeN. The molecule has 0 fully saturated rings. The second-order valence-electron chi connectivity index (χ2n) is 0.786. The molecule has 0 rings (SSSR count). The molecule has 0 saturated carbocycles. The monoisotopic (exact) mass is 112 g/mol. The van der Waals surface area contributed by atoms with Gasteiger partial charge in [-0.2, -0.15) is 0 Å². The van der Waals surface area contributed by atoms with Crippen LogP contribution in [0.5, 0.6) is 0 Å². The van der Waals surface area contributed by atoms with Crippen molar-refractivity contribution in [2.75, 3.05) is 0 Å². The first-order valence-electron chi connectivity index (χ1n) is 1.11. The van der Waals surface area contributed by atoms with Gasteiger partial charge >= 0.3 is 35.8 Å². The molecule has 0 N–H and O–H groups in total. The van der Waals surface area contributed by atoms with E-state index in [1.165, 1.54) is 0 Å². The third kappa shape index (κ3) is 4.01. The Morgan fingerprint density at radius 3 is 1.80 bits per heavy atom. The Hall–Kier alpha value is 0.00948. The molecule has 0 aliphatic rings. The summed E-state index contributed by atoms with van der Waals surface area (Å²) in [6, 6.07) is 0. The normalized spacial score (nSPS) is 9.40. The molecule has 0 aromatic rings. The molecule has 1 nitrogen and oxygen atoms in total. The van der Waals surface area contributed by atoms with E-state index < -0.39 is 13.9 Å². The summed E-state index contributed by atoms with van der Waals surface area (Å²) in [7, 11) is 0. The first kappa shape index (κ1) is 5.01. The van der Waals surface area contributed by atoms with Crippen molar-refractivity contribution in [2.24, 2.45) is 0 Å². The fourth-order valence-corrected chi connectivity index (χ4v) is 0. The number of rotatable bonds is 0. The molecule has 0 heterocycles. The summed E-state index contributed by atoms with van der Waals surface area (Å²) >= 11 is -0.431. The topological polar surface area (TPSA) is 23.8 Å². The standard InChI is InChI=1S/CN.2CH3.Fe/c1-2;;;/h;2*1H3;. The maximum atomic E-state index is 7.93. The fraction of sp³-hybridized carbons (Fsp3) is 0.667. The summed E-state index contributed by atoms with van der Waals surface area (Å²) in [5, 5.41) is 7.93. The van der Waals surface area contributed by atoms with Crippen LogP contribution >= 0.6 is 0 Å². The van der Waals surface area contributed by atoms with Crippen molar-refractivity contribution in [3.05, 3.63) is 0 Å². The number of hydrogen-bond acceptors (Lipinski definition) is 1. The van der Waals surface area contributed by atoms with Crippen molar-refractivity contribution in [3.8, 4) is 4.97 Å². The molecule has 0 aromatic heterocycles. The van der Waals surface area contributed by atoms with Gasteiger partial charge in [0.25, 0.3) is 0 Å². The number of nitrogens with zero attached hydrogens (tertiary/aromatic N) is 1. The van der Waals surface area contributed by atoms with Crippen molar-refractivity contribution >= 4 is 0 Å². The van der Waals surface area contributed by atoms with Crippen molar-refractivity contribution in [1.82, 2.24) is 0 Å². The molecule has 0 aliphatic heterocycles. The third-order valence-electron chi connectivity index (χ3n) is 0.158. The van der Waals surface area contributed by atoms with E-state index in [2.05, 4.69) is 4.97 Å². The molecule has 0 amide bonds. The Morgan fingerprint density at radius 2 is 1.80 bits per heavy atom. The van der Waals surface area contributed by atoms with Crippen LogP contribution < -0.4 is 0 Å². The van der Waals surface area contributed by atoms with Gasteiger partial charge in [-0.15, -0.1) is 0 Å². The second kappa shape index (κ2) is 2.26. The van der Waals surface area contributed by atoms with E-state index in [0.29, 0.717) is 0 Å². The summed E-state index contributed by atoms with van der Waals surface area (Å²) in [4.78, 5) is 2.11. The summed E-state index contributed by atoms with van der Waals surface area (Å²) in [6.07, 6.45) is 0. The molecule has 0 aromatic carbocycles. The van der Waals surface area contributed by atoms with E-state index >= 15 is 0 Å². The van der Waals surface area contributed by atoms with Gasteiger partial charge in [0.05, 0.1) is 0 Å². The van der Waals surface area contributed by atoms with Crippen molar-refractivity contribution in [3.63, 3.8) is 0 Å². The Kier molecular flexibility index (Phi) is 2.26. The average Bonchev–Trinajstić information content (AvgIpc) is 1.38. The molecule has 0 unspecified atom stereocenters. The van der Waals surface area contributed by atoms with Crippen LogP contribution in [0.1, 0.15) is 0 Å². The molecule has 31 valence electrons. The summed E-state index contributed by atoms with van der Waals surface area (Å²) in [5.74, 6) is 3.89. The van der Waals surface area contributed by atoms with Gasteiger partial charge in [-0.3, -0.25) is 0 Å². The number of hydrogen-bond donors (Lipinski definition) is 0. The van der Waals surface area contributed by atoms with Crippen molar-refractivity contribution in [1.29, 1.82) is 5.26 Å². The Labute approximate surface area is 36.5 Å². The van der Waals surface area contributed by atoms with Gasteiger partial charge in [0.15, 0.2) is 0 Å². The predicted octanol–water partition coefficient (Wildman–Crippen LogP) is 1.18. The Bertz CT molecular complexity index is 52.4. The minimum absolute atomic E-state index is 0.431. The van der Waals surface area contributed by atoms with Crippen LogP contribution in [0.15, 0.2) is 0 Å². The molecular weight excluding hydrogens is 106 g/mol. The van der Waals surface area contributed by atoms with Gasteiger partial charge in [-0.25, -0.2) is 0 Å². The molecule has 0 spiro atoms. The van der Waals surface area contributed by atoms with Gasteiger partial charge < -0.3 is 0 Å². The van der Waals surface area contributed by atoms with E-state index in [0.717, 1.165) is 0 Å². The zero-order chi connectivity index (χ0) is 4.28. The van der Waals surface area contributed by atoms with Crippen LogP contribution in [0.25, 0.3) is 0 Å². The zero-order valence-electron chi connectivity index (χ0n) is 3.30. The summed E-state index contributed by atoms with van der Waals surface area (Å²) < 4.78 is 0. The van der Waals surface area contributed by atoms with E-state index in [1.807, 2.05) is 11.6 Å². The van der Waals surface area contributed by atoms with Crippen molar-refractivity contribution < 1.29 is 13.9 Å². The first-order chi connectivity index (χ1) is 2.27. The molecule has 5 heavy (non-hydrogen) atoms. The minimum atomic E-state index is -0.431. The van der Waals surface area contributed by atoms with Crippen LogP contribution in [0.3, 0.4) is 0 Å². The van der Waals surface area contributed by atoms with Crippen LogP contribution in [-0.4, -0.2) is 0 Å². The van der Waals surface area contributed by atoms with Crippen LogP contribution in [0, 0.1) is 10.2 Å². The van der Waals surface area contributed by atoms with Gasteiger partial charge in [-0.1, -0.05) is 0 Å². The number of nitriles is 1. The van der Waals surface area contributed by atoms with E-state index in [4.69, 9.17) is 5.26 Å². The predicted molar refractivity (Wildman–Crippen MR) is 17.3 cm³/mol. The van der Waals surface area contributed by atoms with Gasteiger partial charge in [0.1, 0.15) is 0 Å². The quantitative estimate of drug-likeness (QED) is 0.431. The molecule has 0 radical (unpaired) electrons. The van der Waals surface area contributed by atoms with E-state index in [1.54, 1.807) is 0 Å². The average molecular weight is 112 g/mol. The molecule has 2 heteroatoms. The van der Waals surface area contributed by atoms with Gasteiger partial charge in [0, 0.05) is 0 Å². The van der Waals surface area contributed by atoms with Crippen LogP contribution in [-0.2, 0) is 13.9 Å². The Morgan fingerprint density at radius 1 is 1.60 bits per heavy atom. The first-order valence-corrected chi connectivity index (χ1v) is 3.87. The van der Waals surface area contributed by atoms with Crippen LogP contribution in [0.2, 0.25) is 11.6 Å². The summed E-state index contributed by atoms with van der Waals surface area (Å²) in [5.41, 5.74) is 0. The molecule has 0 aliphatic carbocycles. The Balaban J connectivity index is 2.94. The third-order valence-corrected chi connectivity index (χ3v) is 0.652. The SMILES string of the molecule is [CH3][Fe]([CH3])[C]#N. The summed E-state index contributed by atoms with van der Waals surface area (Å²) in [6.45, 7) is 0. The van der Waals surface area contributed by atoms with Gasteiger partial charge in [0.2, 0.25) is 0 Å². The van der Waals surface area contributed by atoms with Gasteiger partial charge in [-0.05, 0) is 0 Å². The van der Waals surface area contributed by atoms with Crippen molar-refractivity contribution in [2.45, 2.75) is 11.6 Å². The fourth-order valence-electron chi connectivity index (χ4n) is 0. The van der Waals surface area contributed by atoms with E-state index in [-0.39, 0.29) is 0 Å². The maximum absolute atomic E-state index is 7.93. The molecule has 0 bridgehead atoms. The zero-order valence-corrected chi connectivity index (χ0v) is 4.40. The second-order valence-corrected chi connectivity index (χ2v) is 3.24. The molecule has 0 saturated heterocycles. The van der Waals surface area contributed by atoms with E-state index in [9.17, 15) is 0 Å².